The van der Waals surface area contributed by atoms with Crippen LogP contribution in [0, 0.1) is 5.82 Å². The number of anilines is 1. The van der Waals surface area contributed by atoms with Crippen LogP contribution in [-0.4, -0.2) is 60.9 Å². The third kappa shape index (κ3) is 2.95. The van der Waals surface area contributed by atoms with Crippen molar-refractivity contribution in [1.82, 2.24) is 20.0 Å². The topological polar surface area (TPSA) is 88.5 Å². The van der Waals surface area contributed by atoms with E-state index in [1.165, 1.54) is 0 Å². The second kappa shape index (κ2) is 6.43. The molecule has 0 radical (unpaired) electrons. The van der Waals surface area contributed by atoms with Crippen LogP contribution >= 0.6 is 11.6 Å². The summed E-state index contributed by atoms with van der Waals surface area (Å²) in [5, 5.41) is 3.33. The molecule has 1 fully saturated rings. The molecule has 11 heteroatoms. The minimum absolute atomic E-state index is 0.116. The molecule has 2 aliphatic rings. The highest BCUT2D eigenvalue weighted by Crippen LogP contribution is 2.37. The molecule has 4 rings (SSSR count). The molecule has 140 valence electrons. The Morgan fingerprint density at radius 1 is 1.12 bits per heavy atom. The Hall–Kier alpha value is -1.78. The van der Waals surface area contributed by atoms with Crippen molar-refractivity contribution in [1.29, 1.82) is 0 Å². The maximum Gasteiger partial charge on any atom is 0.249 e. The van der Waals surface area contributed by atoms with E-state index < -0.39 is 26.0 Å². The van der Waals surface area contributed by atoms with Gasteiger partial charge in [0.1, 0.15) is 17.5 Å². The van der Waals surface area contributed by atoms with Crippen LogP contribution in [0.1, 0.15) is 19.3 Å². The summed E-state index contributed by atoms with van der Waals surface area (Å²) in [5.74, 6) is -0.482. The van der Waals surface area contributed by atoms with Gasteiger partial charge < -0.3 is 4.74 Å². The molecule has 0 unspecified atom stereocenters. The largest absolute Gasteiger partial charge is 0.476 e. The summed E-state index contributed by atoms with van der Waals surface area (Å²) < 4.78 is 44.5. The fourth-order valence-corrected chi connectivity index (χ4v) is 3.92. The highest BCUT2D eigenvalue weighted by molar-refractivity contribution is 7.90. The molecule has 2 aromatic heterocycles. The number of fused-ring (bicyclic) bond motifs is 2. The van der Waals surface area contributed by atoms with Gasteiger partial charge in [-0.05, 0) is 12.8 Å². The van der Waals surface area contributed by atoms with Gasteiger partial charge in [0.05, 0.1) is 6.54 Å². The van der Waals surface area contributed by atoms with Crippen LogP contribution in [0.25, 0.3) is 10.9 Å². The lowest BCUT2D eigenvalue weighted by Gasteiger charge is -2.36. The van der Waals surface area contributed by atoms with Gasteiger partial charge in [-0.3, -0.25) is 5.01 Å². The van der Waals surface area contributed by atoms with E-state index >= 15 is 0 Å². The number of hydrogen-bond acceptors (Lipinski definition) is 8. The molecule has 1 saturated heterocycles. The second-order valence-electron chi connectivity index (χ2n) is 6.33. The summed E-state index contributed by atoms with van der Waals surface area (Å²) in [6.45, 7) is 2.34. The van der Waals surface area contributed by atoms with Crippen LogP contribution in [0.4, 0.5) is 10.2 Å². The van der Waals surface area contributed by atoms with Crippen molar-refractivity contribution in [2.24, 2.45) is 0 Å². The lowest BCUT2D eigenvalue weighted by Crippen LogP contribution is -2.46. The third-order valence-electron chi connectivity index (χ3n) is 4.46. The molecule has 0 aromatic carbocycles. The first-order valence-electron chi connectivity index (χ1n) is 8.28. The summed E-state index contributed by atoms with van der Waals surface area (Å²) in [4.78, 5) is 12.2. The fraction of sp³-hybridized carbons (Fsp3) is 0.533. The number of hydrogen-bond donors (Lipinski definition) is 0. The Labute approximate surface area is 154 Å². The van der Waals surface area contributed by atoms with Crippen LogP contribution in [0.2, 0.25) is 5.15 Å². The molecule has 0 atom stereocenters. The van der Waals surface area contributed by atoms with Crippen molar-refractivity contribution < 1.29 is 17.5 Å². The second-order valence-corrected chi connectivity index (χ2v) is 8.60. The van der Waals surface area contributed by atoms with Crippen molar-refractivity contribution >= 4 is 38.2 Å². The highest BCUT2D eigenvalue weighted by Gasteiger charge is 2.31. The molecular formula is C15H17ClFN5O3S. The van der Waals surface area contributed by atoms with E-state index in [0.717, 1.165) is 32.1 Å². The lowest BCUT2D eigenvalue weighted by molar-refractivity contribution is 0.192. The van der Waals surface area contributed by atoms with Crippen LogP contribution in [0.5, 0.6) is 5.88 Å². The predicted molar refractivity (Wildman–Crippen MR) is 93.7 cm³/mol. The van der Waals surface area contributed by atoms with E-state index in [0.29, 0.717) is 19.7 Å². The molecule has 2 aliphatic heterocycles. The Morgan fingerprint density at radius 2 is 1.88 bits per heavy atom. The summed E-state index contributed by atoms with van der Waals surface area (Å²) >= 11 is 5.87. The monoisotopic (exact) mass is 401 g/mol. The van der Waals surface area contributed by atoms with Gasteiger partial charge in [-0.25, -0.2) is 22.8 Å². The Morgan fingerprint density at radius 3 is 2.65 bits per heavy atom. The third-order valence-corrected chi connectivity index (χ3v) is 5.56. The van der Waals surface area contributed by atoms with Crippen molar-refractivity contribution in [3.63, 3.8) is 0 Å². The first kappa shape index (κ1) is 17.6. The van der Waals surface area contributed by atoms with E-state index in [2.05, 4.69) is 20.0 Å². The molecule has 0 amide bonds. The van der Waals surface area contributed by atoms with Crippen molar-refractivity contribution in [2.75, 3.05) is 37.5 Å². The first-order chi connectivity index (χ1) is 12.4. The van der Waals surface area contributed by atoms with Gasteiger partial charge in [0.2, 0.25) is 20.9 Å². The van der Waals surface area contributed by atoms with Gasteiger partial charge in [-0.2, -0.15) is 9.97 Å². The SMILES string of the molecule is CS(=O)(=O)c1nc2c3c(nc(Cl)c(F)c3n1)OCCN1CCCCCN21. The molecule has 0 N–H and O–H groups in total. The molecule has 8 nitrogen and oxygen atoms in total. The highest BCUT2D eigenvalue weighted by atomic mass is 35.5. The smallest absolute Gasteiger partial charge is 0.249 e. The summed E-state index contributed by atoms with van der Waals surface area (Å²) in [6, 6.07) is 0. The molecule has 0 saturated carbocycles. The van der Waals surface area contributed by atoms with Crippen LogP contribution in [0.15, 0.2) is 5.16 Å². The summed E-state index contributed by atoms with van der Waals surface area (Å²) in [7, 11) is -3.75. The van der Waals surface area contributed by atoms with E-state index in [1.54, 1.807) is 0 Å². The number of hydrazine groups is 1. The molecule has 4 heterocycles. The zero-order valence-electron chi connectivity index (χ0n) is 14.1. The van der Waals surface area contributed by atoms with Gasteiger partial charge in [0, 0.05) is 19.3 Å². The molecule has 26 heavy (non-hydrogen) atoms. The molecular weight excluding hydrogens is 385 g/mol. The zero-order chi connectivity index (χ0) is 18.5. The van der Waals surface area contributed by atoms with Gasteiger partial charge in [-0.15, -0.1) is 0 Å². The van der Waals surface area contributed by atoms with Crippen molar-refractivity contribution in [3.8, 4) is 5.88 Å². The predicted octanol–water partition coefficient (Wildman–Crippen LogP) is 1.82. The molecule has 0 spiro atoms. The number of rotatable bonds is 1. The Balaban J connectivity index is 2.08. The number of halogens is 2. The van der Waals surface area contributed by atoms with E-state index in [9.17, 15) is 12.8 Å². The number of nitrogens with zero attached hydrogens (tertiary/aromatic N) is 5. The number of sulfone groups is 1. The molecule has 0 aliphatic carbocycles. The van der Waals surface area contributed by atoms with Gasteiger partial charge in [0.15, 0.2) is 16.8 Å². The minimum Gasteiger partial charge on any atom is -0.476 e. The normalized spacial score (nSPS) is 18.7. The maximum atomic E-state index is 14.7. The Bertz CT molecular complexity index is 987. The fourth-order valence-electron chi connectivity index (χ4n) is 3.25. The van der Waals surface area contributed by atoms with E-state index in [1.807, 2.05) is 5.01 Å². The van der Waals surface area contributed by atoms with Crippen LogP contribution < -0.4 is 9.75 Å². The van der Waals surface area contributed by atoms with E-state index in [-0.39, 0.29) is 22.6 Å². The van der Waals surface area contributed by atoms with Crippen molar-refractivity contribution in [2.45, 2.75) is 24.4 Å². The van der Waals surface area contributed by atoms with Gasteiger partial charge >= 0.3 is 0 Å². The minimum atomic E-state index is -3.75. The van der Waals surface area contributed by atoms with E-state index in [4.69, 9.17) is 16.3 Å². The first-order valence-corrected chi connectivity index (χ1v) is 10.5. The lowest BCUT2D eigenvalue weighted by atomic mass is 10.2. The quantitative estimate of drug-likeness (QED) is 0.528. The molecule has 0 bridgehead atoms. The van der Waals surface area contributed by atoms with Crippen molar-refractivity contribution in [3.05, 3.63) is 11.0 Å². The molecule has 2 aromatic rings. The Kier molecular flexibility index (Phi) is 4.36. The summed E-state index contributed by atoms with van der Waals surface area (Å²) in [6.07, 6.45) is 3.95. The standard InChI is InChI=1S/C15H17ClFN5O3S/c1-26(23,24)15-18-11-9-13(20-15)22-6-4-2-3-5-21(22)7-8-25-14(9)19-12(16)10(11)17/h2-8H2,1H3. The van der Waals surface area contributed by atoms with Crippen LogP contribution in [-0.2, 0) is 9.84 Å². The average Bonchev–Trinajstić information content (AvgIpc) is 2.81. The van der Waals surface area contributed by atoms with Gasteiger partial charge in [0.25, 0.3) is 0 Å². The van der Waals surface area contributed by atoms with Gasteiger partial charge in [-0.1, -0.05) is 18.0 Å². The number of pyridine rings is 1. The number of ether oxygens (including phenoxy) is 1. The van der Waals surface area contributed by atoms with Crippen LogP contribution in [0.3, 0.4) is 0 Å². The number of aromatic nitrogens is 3. The zero-order valence-corrected chi connectivity index (χ0v) is 15.6. The average molecular weight is 402 g/mol. The summed E-state index contributed by atoms with van der Waals surface area (Å²) in [5.41, 5.74) is -0.198. The maximum absolute atomic E-state index is 14.7.